The number of nitro groups is 1. The van der Waals surface area contributed by atoms with E-state index in [0.717, 1.165) is 0 Å². The van der Waals surface area contributed by atoms with Crippen molar-refractivity contribution in [2.24, 2.45) is 0 Å². The molecule has 27 heavy (non-hydrogen) atoms. The van der Waals surface area contributed by atoms with Gasteiger partial charge in [0.05, 0.1) is 15.5 Å². The third kappa shape index (κ3) is 3.93. The van der Waals surface area contributed by atoms with E-state index in [4.69, 9.17) is 23.2 Å². The van der Waals surface area contributed by atoms with Gasteiger partial charge in [-0.3, -0.25) is 14.8 Å². The molecular weight excluding hydrogens is 431 g/mol. The van der Waals surface area contributed by atoms with Gasteiger partial charge in [-0.05, 0) is 30.7 Å². The number of sulfonamides is 1. The number of benzene rings is 2. The van der Waals surface area contributed by atoms with Crippen molar-refractivity contribution in [2.75, 3.05) is 4.72 Å². The van der Waals surface area contributed by atoms with E-state index in [2.05, 4.69) is 4.72 Å². The number of hydrogen-bond donors (Lipinski definition) is 1. The lowest BCUT2D eigenvalue weighted by molar-refractivity contribution is -0.384. The molecule has 0 bridgehead atoms. The third-order valence-corrected chi connectivity index (χ3v) is 6.86. The van der Waals surface area contributed by atoms with Crippen LogP contribution >= 0.6 is 34.5 Å². The Morgan fingerprint density at radius 1 is 1.07 bits per heavy atom. The normalized spacial score (nSPS) is 11.4. The highest BCUT2D eigenvalue weighted by molar-refractivity contribution is 7.92. The summed E-state index contributed by atoms with van der Waals surface area (Å²) in [5.41, 5.74) is 1.39. The first-order chi connectivity index (χ1) is 12.7. The van der Waals surface area contributed by atoms with Crippen LogP contribution in [0.2, 0.25) is 10.0 Å². The number of thiophene rings is 1. The van der Waals surface area contributed by atoms with Crippen LogP contribution < -0.4 is 4.72 Å². The highest BCUT2D eigenvalue weighted by Crippen LogP contribution is 2.39. The molecule has 1 N–H and O–H groups in total. The van der Waals surface area contributed by atoms with E-state index >= 15 is 0 Å². The third-order valence-electron chi connectivity index (χ3n) is 3.86. The second-order valence-corrected chi connectivity index (χ2v) is 8.80. The molecule has 3 aromatic rings. The number of non-ortho nitro benzene ring substituents is 1. The number of hydrogen-bond acceptors (Lipinski definition) is 5. The Kier molecular flexibility index (Phi) is 5.43. The zero-order valence-corrected chi connectivity index (χ0v) is 16.9. The van der Waals surface area contributed by atoms with Crippen LogP contribution in [-0.4, -0.2) is 13.3 Å². The SMILES string of the molecule is Cc1c(Cl)cccc1S(=O)(=O)Nc1cscc1-c1cc([N+](=O)[O-])ccc1Cl. The van der Waals surface area contributed by atoms with Crippen LogP contribution in [0.5, 0.6) is 0 Å². The minimum absolute atomic E-state index is 0.0530. The lowest BCUT2D eigenvalue weighted by Gasteiger charge is -2.12. The van der Waals surface area contributed by atoms with E-state index < -0.39 is 14.9 Å². The van der Waals surface area contributed by atoms with Crippen molar-refractivity contribution >= 4 is 55.9 Å². The number of rotatable bonds is 5. The quantitative estimate of drug-likeness (QED) is 0.402. The number of nitro benzene ring substituents is 1. The molecule has 0 aliphatic heterocycles. The Balaban J connectivity index is 2.05. The summed E-state index contributed by atoms with van der Waals surface area (Å²) in [7, 11) is -3.91. The van der Waals surface area contributed by atoms with Crippen LogP contribution in [0.4, 0.5) is 11.4 Å². The molecule has 0 unspecified atom stereocenters. The highest BCUT2D eigenvalue weighted by Gasteiger charge is 2.22. The van der Waals surface area contributed by atoms with Gasteiger partial charge in [-0.1, -0.05) is 29.3 Å². The second-order valence-electron chi connectivity index (χ2n) is 5.59. The van der Waals surface area contributed by atoms with E-state index in [0.29, 0.717) is 21.7 Å². The summed E-state index contributed by atoms with van der Waals surface area (Å²) >= 11 is 13.5. The molecule has 1 aromatic heterocycles. The van der Waals surface area contributed by atoms with E-state index in [1.54, 1.807) is 29.8 Å². The molecule has 0 atom stereocenters. The molecule has 0 radical (unpaired) electrons. The molecule has 0 amide bonds. The minimum atomic E-state index is -3.91. The summed E-state index contributed by atoms with van der Waals surface area (Å²) < 4.78 is 28.1. The molecule has 3 rings (SSSR count). The van der Waals surface area contributed by atoms with Crippen LogP contribution in [0.1, 0.15) is 5.56 Å². The van der Waals surface area contributed by atoms with Crippen molar-refractivity contribution in [2.45, 2.75) is 11.8 Å². The van der Waals surface area contributed by atoms with Crippen molar-refractivity contribution in [1.29, 1.82) is 0 Å². The van der Waals surface area contributed by atoms with Gasteiger partial charge < -0.3 is 0 Å². The number of halogens is 2. The maximum Gasteiger partial charge on any atom is 0.270 e. The van der Waals surface area contributed by atoms with Crippen LogP contribution in [0, 0.1) is 17.0 Å². The first kappa shape index (κ1) is 19.6. The summed E-state index contributed by atoms with van der Waals surface area (Å²) in [5.74, 6) is 0. The maximum atomic E-state index is 12.8. The predicted molar refractivity (Wildman–Crippen MR) is 108 cm³/mol. The van der Waals surface area contributed by atoms with Gasteiger partial charge >= 0.3 is 0 Å². The van der Waals surface area contributed by atoms with Gasteiger partial charge in [0.15, 0.2) is 0 Å². The van der Waals surface area contributed by atoms with E-state index in [1.807, 2.05) is 0 Å². The fourth-order valence-electron chi connectivity index (χ4n) is 2.50. The minimum Gasteiger partial charge on any atom is -0.278 e. The lowest BCUT2D eigenvalue weighted by atomic mass is 10.1. The maximum absolute atomic E-state index is 12.8. The molecule has 0 aliphatic carbocycles. The zero-order valence-electron chi connectivity index (χ0n) is 13.8. The van der Waals surface area contributed by atoms with Crippen LogP contribution in [0.15, 0.2) is 52.1 Å². The van der Waals surface area contributed by atoms with Gasteiger partial charge in [0, 0.05) is 44.1 Å². The molecule has 1 heterocycles. The fraction of sp³-hybridized carbons (Fsp3) is 0.0588. The molecule has 10 heteroatoms. The summed E-state index contributed by atoms with van der Waals surface area (Å²) in [4.78, 5) is 10.6. The van der Waals surface area contributed by atoms with Crippen molar-refractivity contribution in [3.05, 3.63) is 72.9 Å². The van der Waals surface area contributed by atoms with Crippen molar-refractivity contribution < 1.29 is 13.3 Å². The first-order valence-electron chi connectivity index (χ1n) is 7.49. The molecule has 0 spiro atoms. The Morgan fingerprint density at radius 2 is 1.81 bits per heavy atom. The highest BCUT2D eigenvalue weighted by atomic mass is 35.5. The van der Waals surface area contributed by atoms with E-state index in [1.165, 1.54) is 35.6 Å². The Bertz CT molecular complexity index is 1140. The van der Waals surface area contributed by atoms with Gasteiger partial charge in [0.25, 0.3) is 15.7 Å². The van der Waals surface area contributed by atoms with Crippen LogP contribution in [0.3, 0.4) is 0 Å². The number of anilines is 1. The Morgan fingerprint density at radius 3 is 2.52 bits per heavy atom. The van der Waals surface area contributed by atoms with Gasteiger partial charge in [-0.25, -0.2) is 8.42 Å². The van der Waals surface area contributed by atoms with Gasteiger partial charge in [-0.2, -0.15) is 0 Å². The Labute approximate surface area is 169 Å². The molecule has 0 saturated carbocycles. The lowest BCUT2D eigenvalue weighted by Crippen LogP contribution is -2.14. The first-order valence-corrected chi connectivity index (χ1v) is 10.7. The van der Waals surface area contributed by atoms with Gasteiger partial charge in [-0.15, -0.1) is 11.3 Å². The monoisotopic (exact) mass is 442 g/mol. The van der Waals surface area contributed by atoms with E-state index in [-0.39, 0.29) is 21.3 Å². The summed E-state index contributed by atoms with van der Waals surface area (Å²) in [5, 5.41) is 14.9. The zero-order chi connectivity index (χ0) is 19.8. The Hall–Kier alpha value is -2.13. The molecule has 2 aromatic carbocycles. The molecule has 6 nitrogen and oxygen atoms in total. The predicted octanol–water partition coefficient (Wildman–Crippen LogP) is 5.74. The summed E-state index contributed by atoms with van der Waals surface area (Å²) in [6.07, 6.45) is 0. The van der Waals surface area contributed by atoms with Crippen LogP contribution in [0.25, 0.3) is 11.1 Å². The number of nitrogens with zero attached hydrogens (tertiary/aromatic N) is 1. The largest absolute Gasteiger partial charge is 0.278 e. The van der Waals surface area contributed by atoms with Crippen molar-refractivity contribution in [3.63, 3.8) is 0 Å². The molecule has 0 saturated heterocycles. The summed E-state index contributed by atoms with van der Waals surface area (Å²) in [6, 6.07) is 8.62. The molecule has 0 fully saturated rings. The summed E-state index contributed by atoms with van der Waals surface area (Å²) in [6.45, 7) is 1.61. The smallest absolute Gasteiger partial charge is 0.270 e. The van der Waals surface area contributed by atoms with Crippen molar-refractivity contribution in [3.8, 4) is 11.1 Å². The van der Waals surface area contributed by atoms with Gasteiger partial charge in [0.1, 0.15) is 0 Å². The standard InChI is InChI=1S/C17H12Cl2N2O4S2/c1-10-14(18)3-2-4-17(10)27(24,25)20-16-9-26-8-13(16)12-7-11(21(22)23)5-6-15(12)19/h2-9,20H,1H3. The molecule has 140 valence electrons. The van der Waals surface area contributed by atoms with Crippen molar-refractivity contribution in [1.82, 2.24) is 0 Å². The number of nitrogens with one attached hydrogen (secondary N) is 1. The topological polar surface area (TPSA) is 89.3 Å². The van der Waals surface area contributed by atoms with E-state index in [9.17, 15) is 18.5 Å². The van der Waals surface area contributed by atoms with Gasteiger partial charge in [0.2, 0.25) is 0 Å². The molecule has 0 aliphatic rings. The average molecular weight is 443 g/mol. The van der Waals surface area contributed by atoms with Crippen LogP contribution in [-0.2, 0) is 10.0 Å². The fourth-order valence-corrected chi connectivity index (χ4v) is 5.14. The second kappa shape index (κ2) is 7.47. The average Bonchev–Trinajstić information content (AvgIpc) is 3.04. The molecular formula is C17H12Cl2N2O4S2.